The number of rotatable bonds is 3. The molecule has 0 spiro atoms. The Kier molecular flexibility index (Phi) is 3.78. The highest BCUT2D eigenvalue weighted by Gasteiger charge is 2.58. The van der Waals surface area contributed by atoms with Crippen LogP contribution in [0.1, 0.15) is 24.5 Å². The van der Waals surface area contributed by atoms with Crippen LogP contribution >= 0.6 is 0 Å². The van der Waals surface area contributed by atoms with Crippen molar-refractivity contribution in [2.24, 2.45) is 5.73 Å². The first kappa shape index (κ1) is 13.9. The van der Waals surface area contributed by atoms with E-state index in [0.717, 1.165) is 6.20 Å². The molecule has 0 bridgehead atoms. The number of aryl methyl sites for hydroxylation is 1. The van der Waals surface area contributed by atoms with Crippen molar-refractivity contribution in [1.29, 1.82) is 0 Å². The van der Waals surface area contributed by atoms with Crippen LogP contribution in [-0.2, 0) is 5.60 Å². The molecule has 96 valence electrons. The van der Waals surface area contributed by atoms with Crippen molar-refractivity contribution in [2.75, 3.05) is 0 Å². The summed E-state index contributed by atoms with van der Waals surface area (Å²) >= 11 is 0. The molecule has 0 radical (unpaired) electrons. The van der Waals surface area contributed by atoms with Crippen molar-refractivity contribution < 1.29 is 18.3 Å². The van der Waals surface area contributed by atoms with Crippen LogP contribution in [0.25, 0.3) is 0 Å². The van der Waals surface area contributed by atoms with Crippen LogP contribution < -0.4 is 5.73 Å². The molecule has 0 amide bonds. The fourth-order valence-corrected chi connectivity index (χ4v) is 1.65. The summed E-state index contributed by atoms with van der Waals surface area (Å²) < 4.78 is 39.0. The molecular formula is C11H15F3N2O. The largest absolute Gasteiger partial charge is 0.423 e. The van der Waals surface area contributed by atoms with Gasteiger partial charge in [0.25, 0.3) is 0 Å². The van der Waals surface area contributed by atoms with Gasteiger partial charge in [-0.1, -0.05) is 6.92 Å². The Morgan fingerprint density at radius 3 is 2.41 bits per heavy atom. The monoisotopic (exact) mass is 248 g/mol. The van der Waals surface area contributed by atoms with E-state index < -0.39 is 17.8 Å². The Bertz CT molecular complexity index is 395. The molecule has 0 aromatic carbocycles. The summed E-state index contributed by atoms with van der Waals surface area (Å²) in [6, 6.07) is -0.179. The minimum Gasteiger partial charge on any atom is -0.375 e. The first-order valence-corrected chi connectivity index (χ1v) is 5.20. The number of hydrogen-bond acceptors (Lipinski definition) is 3. The molecule has 6 heteroatoms. The van der Waals surface area contributed by atoms with Crippen molar-refractivity contribution in [3.8, 4) is 0 Å². The van der Waals surface area contributed by atoms with Gasteiger partial charge >= 0.3 is 6.18 Å². The normalized spacial score (nSPS) is 17.6. The number of aliphatic hydroxyl groups is 1. The summed E-state index contributed by atoms with van der Waals surface area (Å²) in [5, 5.41) is 9.92. The summed E-state index contributed by atoms with van der Waals surface area (Å²) in [4.78, 5) is 3.66. The van der Waals surface area contributed by atoms with Crippen molar-refractivity contribution in [2.45, 2.75) is 38.1 Å². The zero-order valence-electron chi connectivity index (χ0n) is 9.62. The van der Waals surface area contributed by atoms with Crippen LogP contribution in [0.3, 0.4) is 0 Å². The van der Waals surface area contributed by atoms with Crippen molar-refractivity contribution >= 4 is 0 Å². The fraction of sp³-hybridized carbons (Fsp3) is 0.545. The molecule has 1 heterocycles. The highest BCUT2D eigenvalue weighted by Crippen LogP contribution is 2.41. The Morgan fingerprint density at radius 2 is 2.00 bits per heavy atom. The molecule has 1 aromatic rings. The summed E-state index contributed by atoms with van der Waals surface area (Å²) in [5.41, 5.74) is 2.58. The van der Waals surface area contributed by atoms with E-state index in [1.54, 1.807) is 6.92 Å². The van der Waals surface area contributed by atoms with Gasteiger partial charge in [-0.25, -0.2) is 0 Å². The van der Waals surface area contributed by atoms with E-state index in [1.165, 1.54) is 19.2 Å². The number of nitrogens with two attached hydrogens (primary N) is 1. The van der Waals surface area contributed by atoms with Crippen LogP contribution in [0, 0.1) is 6.92 Å². The second-order valence-electron chi connectivity index (χ2n) is 4.03. The quantitative estimate of drug-likeness (QED) is 0.858. The molecule has 0 fully saturated rings. The molecule has 0 saturated heterocycles. The summed E-state index contributed by atoms with van der Waals surface area (Å²) in [6.45, 7) is 3.09. The first-order valence-electron chi connectivity index (χ1n) is 5.20. The lowest BCUT2D eigenvalue weighted by molar-refractivity contribution is -0.274. The van der Waals surface area contributed by atoms with E-state index in [2.05, 4.69) is 4.98 Å². The van der Waals surface area contributed by atoms with Gasteiger partial charge in [0, 0.05) is 24.0 Å². The van der Waals surface area contributed by atoms with E-state index >= 15 is 0 Å². The second-order valence-corrected chi connectivity index (χ2v) is 4.03. The standard InChI is InChI=1S/C11H15F3N2O/c1-3-9(15)10(17,11(12,13)14)8-4-7(2)5-16-6-8/h4-6,9,17H,3,15H2,1-2H3. The molecule has 0 aliphatic heterocycles. The van der Waals surface area contributed by atoms with Gasteiger partial charge in [0.15, 0.2) is 0 Å². The summed E-state index contributed by atoms with van der Waals surface area (Å²) in [7, 11) is 0. The van der Waals surface area contributed by atoms with Gasteiger partial charge in [-0.2, -0.15) is 13.2 Å². The van der Waals surface area contributed by atoms with Crippen LogP contribution in [0.2, 0.25) is 0 Å². The van der Waals surface area contributed by atoms with E-state index in [-0.39, 0.29) is 12.0 Å². The molecule has 1 rings (SSSR count). The molecular weight excluding hydrogens is 233 g/mol. The molecule has 1 aromatic heterocycles. The predicted octanol–water partition coefficient (Wildman–Crippen LogP) is 1.88. The topological polar surface area (TPSA) is 59.1 Å². The Hall–Kier alpha value is -1.14. The highest BCUT2D eigenvalue weighted by molar-refractivity contribution is 5.27. The lowest BCUT2D eigenvalue weighted by Gasteiger charge is -2.35. The Balaban J connectivity index is 3.34. The first-order chi connectivity index (χ1) is 7.73. The third-order valence-electron chi connectivity index (χ3n) is 2.72. The number of hydrogen-bond donors (Lipinski definition) is 2. The van der Waals surface area contributed by atoms with E-state index in [9.17, 15) is 18.3 Å². The summed E-state index contributed by atoms with van der Waals surface area (Å²) in [5.74, 6) is 0. The molecule has 3 N–H and O–H groups in total. The van der Waals surface area contributed by atoms with E-state index in [4.69, 9.17) is 5.73 Å². The maximum atomic E-state index is 13.0. The van der Waals surface area contributed by atoms with Crippen molar-refractivity contribution in [1.82, 2.24) is 4.98 Å². The molecule has 3 nitrogen and oxygen atoms in total. The van der Waals surface area contributed by atoms with Crippen LogP contribution in [0.4, 0.5) is 13.2 Å². The Labute approximate surface area is 97.5 Å². The number of halogens is 3. The average Bonchev–Trinajstić information content (AvgIpc) is 2.25. The number of pyridine rings is 1. The Morgan fingerprint density at radius 1 is 1.41 bits per heavy atom. The van der Waals surface area contributed by atoms with E-state index in [0.29, 0.717) is 5.56 Å². The average molecular weight is 248 g/mol. The zero-order chi connectivity index (χ0) is 13.3. The lowest BCUT2D eigenvalue weighted by atomic mass is 9.85. The maximum absolute atomic E-state index is 13.0. The molecule has 0 saturated carbocycles. The number of nitrogens with zero attached hydrogens (tertiary/aromatic N) is 1. The van der Waals surface area contributed by atoms with Gasteiger partial charge in [-0.15, -0.1) is 0 Å². The molecule has 0 aliphatic carbocycles. The van der Waals surface area contributed by atoms with Crippen molar-refractivity contribution in [3.63, 3.8) is 0 Å². The van der Waals surface area contributed by atoms with Crippen LogP contribution in [0.5, 0.6) is 0 Å². The SMILES string of the molecule is CCC(N)C(O)(c1cncc(C)c1)C(F)(F)F. The fourth-order valence-electron chi connectivity index (χ4n) is 1.65. The zero-order valence-corrected chi connectivity index (χ0v) is 9.62. The van der Waals surface area contributed by atoms with Gasteiger partial charge in [0.1, 0.15) is 0 Å². The molecule has 2 unspecified atom stereocenters. The van der Waals surface area contributed by atoms with E-state index in [1.807, 2.05) is 0 Å². The molecule has 2 atom stereocenters. The van der Waals surface area contributed by atoms with Gasteiger partial charge in [0.05, 0.1) is 0 Å². The van der Waals surface area contributed by atoms with Gasteiger partial charge < -0.3 is 10.8 Å². The minimum absolute atomic E-state index is 0.00392. The van der Waals surface area contributed by atoms with Gasteiger partial charge in [-0.05, 0) is 25.0 Å². The molecule has 17 heavy (non-hydrogen) atoms. The van der Waals surface area contributed by atoms with Crippen LogP contribution in [0.15, 0.2) is 18.5 Å². The van der Waals surface area contributed by atoms with Gasteiger partial charge in [-0.3, -0.25) is 4.98 Å². The summed E-state index contributed by atoms with van der Waals surface area (Å²) in [6.07, 6.45) is -2.42. The minimum atomic E-state index is -4.84. The predicted molar refractivity (Wildman–Crippen MR) is 57.2 cm³/mol. The third kappa shape index (κ3) is 2.42. The maximum Gasteiger partial charge on any atom is 0.423 e. The second kappa shape index (κ2) is 4.62. The smallest absolute Gasteiger partial charge is 0.375 e. The number of aromatic nitrogens is 1. The third-order valence-corrected chi connectivity index (χ3v) is 2.72. The number of alkyl halides is 3. The molecule has 0 aliphatic rings. The van der Waals surface area contributed by atoms with Gasteiger partial charge in [0.2, 0.25) is 5.60 Å². The highest BCUT2D eigenvalue weighted by atomic mass is 19.4. The lowest BCUT2D eigenvalue weighted by Crippen LogP contribution is -2.55. The van der Waals surface area contributed by atoms with Crippen LogP contribution in [-0.4, -0.2) is 22.3 Å². The van der Waals surface area contributed by atoms with Crippen molar-refractivity contribution in [3.05, 3.63) is 29.6 Å².